The highest BCUT2D eigenvalue weighted by Gasteiger charge is 2.41. The molecule has 1 unspecified atom stereocenters. The van der Waals surface area contributed by atoms with Crippen LogP contribution in [0.15, 0.2) is 67.0 Å². The fourth-order valence-corrected chi connectivity index (χ4v) is 5.45. The Kier molecular flexibility index (Phi) is 6.04. The second-order valence-electron chi connectivity index (χ2n) is 9.62. The Labute approximate surface area is 215 Å². The van der Waals surface area contributed by atoms with Gasteiger partial charge in [0.15, 0.2) is 0 Å². The van der Waals surface area contributed by atoms with Gasteiger partial charge in [-0.15, -0.1) is 0 Å². The number of hydrogen-bond acceptors (Lipinski definition) is 6. The minimum Gasteiger partial charge on any atom is -0.337 e. The molecule has 3 aromatic rings. The summed E-state index contributed by atoms with van der Waals surface area (Å²) in [6.07, 6.45) is 4.97. The molecule has 3 amide bonds. The van der Waals surface area contributed by atoms with Gasteiger partial charge in [-0.2, -0.15) is 0 Å². The molecule has 3 aliphatic rings. The van der Waals surface area contributed by atoms with Crippen LogP contribution < -0.4 is 9.80 Å². The molecule has 37 heavy (non-hydrogen) atoms. The van der Waals surface area contributed by atoms with Crippen LogP contribution in [0.2, 0.25) is 0 Å². The van der Waals surface area contributed by atoms with E-state index < -0.39 is 6.04 Å². The Morgan fingerprint density at radius 1 is 0.865 bits per heavy atom. The Balaban J connectivity index is 1.16. The number of fused-ring (bicyclic) bond motifs is 2. The lowest BCUT2D eigenvalue weighted by Gasteiger charge is -2.34. The van der Waals surface area contributed by atoms with Gasteiger partial charge in [0.1, 0.15) is 6.04 Å². The first-order chi connectivity index (χ1) is 18.1. The Hall–Kier alpha value is -4.27. The van der Waals surface area contributed by atoms with E-state index in [2.05, 4.69) is 14.9 Å². The molecule has 2 aromatic carbocycles. The number of nitrogens with zero attached hydrogens (tertiary/aromatic N) is 6. The van der Waals surface area contributed by atoms with Gasteiger partial charge in [-0.05, 0) is 48.7 Å². The van der Waals surface area contributed by atoms with Crippen molar-refractivity contribution in [3.05, 3.63) is 83.7 Å². The topological polar surface area (TPSA) is 90.0 Å². The molecule has 0 N–H and O–H groups in total. The predicted octanol–water partition coefficient (Wildman–Crippen LogP) is 2.59. The first-order valence-electron chi connectivity index (χ1n) is 12.7. The van der Waals surface area contributed by atoms with Gasteiger partial charge in [0.05, 0.1) is 17.8 Å². The van der Waals surface area contributed by atoms with Crippen LogP contribution in [0.3, 0.4) is 0 Å². The Bertz CT molecular complexity index is 1320. The van der Waals surface area contributed by atoms with E-state index >= 15 is 0 Å². The highest BCUT2D eigenvalue weighted by molar-refractivity contribution is 6.11. The van der Waals surface area contributed by atoms with Gasteiger partial charge in [0, 0.05) is 50.7 Å². The zero-order valence-electron chi connectivity index (χ0n) is 20.5. The van der Waals surface area contributed by atoms with Crippen molar-refractivity contribution >= 4 is 29.4 Å². The average Bonchev–Trinajstić information content (AvgIpc) is 3.43. The summed E-state index contributed by atoms with van der Waals surface area (Å²) in [6.45, 7) is 3.52. The molecule has 0 saturated carbocycles. The zero-order valence-corrected chi connectivity index (χ0v) is 20.5. The molecule has 0 bridgehead atoms. The summed E-state index contributed by atoms with van der Waals surface area (Å²) in [5.41, 5.74) is 2.73. The molecule has 3 aliphatic heterocycles. The van der Waals surface area contributed by atoms with Gasteiger partial charge < -0.3 is 19.6 Å². The minimum absolute atomic E-state index is 0.0106. The summed E-state index contributed by atoms with van der Waals surface area (Å²) in [4.78, 5) is 55.7. The summed E-state index contributed by atoms with van der Waals surface area (Å²) in [5.74, 6) is 0.555. The highest BCUT2D eigenvalue weighted by Crippen LogP contribution is 2.33. The van der Waals surface area contributed by atoms with E-state index in [1.165, 1.54) is 0 Å². The van der Waals surface area contributed by atoms with Gasteiger partial charge in [0.2, 0.25) is 11.9 Å². The number of amides is 3. The number of hydrogen-bond donors (Lipinski definition) is 0. The number of benzene rings is 2. The van der Waals surface area contributed by atoms with Crippen molar-refractivity contribution in [3.63, 3.8) is 0 Å². The highest BCUT2D eigenvalue weighted by atomic mass is 16.2. The maximum absolute atomic E-state index is 13.5. The second-order valence-corrected chi connectivity index (χ2v) is 9.62. The number of anilines is 2. The standard InChI is InChI=1S/C28H28N6O3/c35-25(31-15-17-32(18-16-31)28-29-12-4-13-30-28)21-10-8-20(9-11-21)19-34-23-6-2-1-5-22(23)26(36)33-14-3-7-24(33)27(34)37/h1-2,4-6,8-13,24H,3,7,14-19H2. The van der Waals surface area contributed by atoms with Gasteiger partial charge in [-0.1, -0.05) is 24.3 Å². The maximum Gasteiger partial charge on any atom is 0.256 e. The summed E-state index contributed by atoms with van der Waals surface area (Å²) in [7, 11) is 0. The number of piperazine rings is 1. The SMILES string of the molecule is O=C(c1ccc(CN2C(=O)C3CCCN3C(=O)c3ccccc32)cc1)N1CCN(c2ncccn2)CC1. The smallest absolute Gasteiger partial charge is 0.256 e. The monoisotopic (exact) mass is 496 g/mol. The molecule has 0 aliphatic carbocycles. The van der Waals surface area contributed by atoms with Crippen molar-refractivity contribution in [1.82, 2.24) is 19.8 Å². The molecule has 9 nitrogen and oxygen atoms in total. The molecule has 1 atom stereocenters. The molecule has 4 heterocycles. The number of para-hydroxylation sites is 1. The first-order valence-corrected chi connectivity index (χ1v) is 12.7. The molecular formula is C28H28N6O3. The normalized spacial score (nSPS) is 19.5. The first kappa shape index (κ1) is 23.1. The summed E-state index contributed by atoms with van der Waals surface area (Å²) in [5, 5.41) is 0. The third kappa shape index (κ3) is 4.30. The molecular weight excluding hydrogens is 468 g/mol. The fraction of sp³-hybridized carbons (Fsp3) is 0.321. The van der Waals surface area contributed by atoms with Crippen LogP contribution >= 0.6 is 0 Å². The van der Waals surface area contributed by atoms with E-state index in [4.69, 9.17) is 0 Å². The molecule has 2 fully saturated rings. The largest absolute Gasteiger partial charge is 0.337 e. The number of carbonyl (C=O) groups is 3. The Morgan fingerprint density at radius 2 is 1.59 bits per heavy atom. The van der Waals surface area contributed by atoms with E-state index in [0.29, 0.717) is 68.5 Å². The number of carbonyl (C=O) groups excluding carboxylic acids is 3. The lowest BCUT2D eigenvalue weighted by atomic mass is 10.1. The van der Waals surface area contributed by atoms with Crippen molar-refractivity contribution in [3.8, 4) is 0 Å². The second kappa shape index (κ2) is 9.65. The van der Waals surface area contributed by atoms with Gasteiger partial charge in [-0.25, -0.2) is 9.97 Å². The van der Waals surface area contributed by atoms with Crippen molar-refractivity contribution in [2.75, 3.05) is 42.5 Å². The van der Waals surface area contributed by atoms with E-state index in [9.17, 15) is 14.4 Å². The summed E-state index contributed by atoms with van der Waals surface area (Å²) >= 11 is 0. The predicted molar refractivity (Wildman–Crippen MR) is 138 cm³/mol. The molecule has 2 saturated heterocycles. The van der Waals surface area contributed by atoms with Crippen molar-refractivity contribution in [2.24, 2.45) is 0 Å². The quantitative estimate of drug-likeness (QED) is 0.552. The molecule has 6 rings (SSSR count). The maximum atomic E-state index is 13.5. The van der Waals surface area contributed by atoms with E-state index in [1.54, 1.807) is 34.3 Å². The zero-order chi connectivity index (χ0) is 25.4. The van der Waals surface area contributed by atoms with Crippen LogP contribution in [0.5, 0.6) is 0 Å². The van der Waals surface area contributed by atoms with Crippen molar-refractivity contribution in [2.45, 2.75) is 25.4 Å². The summed E-state index contributed by atoms with van der Waals surface area (Å²) in [6, 6.07) is 16.1. The van der Waals surface area contributed by atoms with Gasteiger partial charge in [0.25, 0.3) is 11.8 Å². The van der Waals surface area contributed by atoms with E-state index in [1.807, 2.05) is 47.4 Å². The Morgan fingerprint density at radius 3 is 2.35 bits per heavy atom. The lowest BCUT2D eigenvalue weighted by molar-refractivity contribution is -0.122. The van der Waals surface area contributed by atoms with Crippen LogP contribution in [0.1, 0.15) is 39.1 Å². The van der Waals surface area contributed by atoms with Gasteiger partial charge in [-0.3, -0.25) is 14.4 Å². The third-order valence-electron chi connectivity index (χ3n) is 7.43. The van der Waals surface area contributed by atoms with Crippen LogP contribution in [0.4, 0.5) is 11.6 Å². The van der Waals surface area contributed by atoms with E-state index in [0.717, 1.165) is 12.0 Å². The molecule has 1 aromatic heterocycles. The van der Waals surface area contributed by atoms with Crippen LogP contribution in [-0.4, -0.2) is 76.3 Å². The number of aromatic nitrogens is 2. The van der Waals surface area contributed by atoms with Gasteiger partial charge >= 0.3 is 0 Å². The van der Waals surface area contributed by atoms with E-state index in [-0.39, 0.29) is 17.7 Å². The molecule has 0 spiro atoms. The fourth-order valence-electron chi connectivity index (χ4n) is 5.45. The number of rotatable bonds is 4. The molecule has 0 radical (unpaired) electrons. The molecule has 9 heteroatoms. The average molecular weight is 497 g/mol. The molecule has 188 valence electrons. The van der Waals surface area contributed by atoms with Crippen LogP contribution in [-0.2, 0) is 11.3 Å². The lowest BCUT2D eigenvalue weighted by Crippen LogP contribution is -2.49. The summed E-state index contributed by atoms with van der Waals surface area (Å²) < 4.78 is 0. The van der Waals surface area contributed by atoms with Crippen LogP contribution in [0.25, 0.3) is 0 Å². The van der Waals surface area contributed by atoms with Crippen molar-refractivity contribution in [1.29, 1.82) is 0 Å². The third-order valence-corrected chi connectivity index (χ3v) is 7.43. The minimum atomic E-state index is -0.416. The van der Waals surface area contributed by atoms with Crippen molar-refractivity contribution < 1.29 is 14.4 Å². The van der Waals surface area contributed by atoms with Crippen LogP contribution in [0, 0.1) is 0 Å².